The van der Waals surface area contributed by atoms with Gasteiger partial charge in [0.15, 0.2) is 5.05 Å². The first-order valence-electron chi connectivity index (χ1n) is 3.59. The number of thiocarbonyl (C=S) groups is 1. The maximum Gasteiger partial charge on any atom is 1.00 e. The summed E-state index contributed by atoms with van der Waals surface area (Å²) in [5, 5.41) is 18.3. The number of carbonyl (C=O) groups excluding carboxylic acids is 1. The molecule has 5 nitrogen and oxygen atoms in total. The molecule has 74 valence electrons. The number of hydrogen-bond donors (Lipinski definition) is 1. The first-order valence-corrected chi connectivity index (χ1v) is 4.00. The van der Waals surface area contributed by atoms with Crippen LogP contribution in [0.25, 0.3) is 0 Å². The number of aliphatic carboxylic acids is 2. The second kappa shape index (κ2) is 9.00. The second-order valence-electron chi connectivity index (χ2n) is 2.24. The van der Waals surface area contributed by atoms with Gasteiger partial charge in [-0.2, -0.15) is 0 Å². The summed E-state index contributed by atoms with van der Waals surface area (Å²) in [4.78, 5) is 20.0. The van der Waals surface area contributed by atoms with Gasteiger partial charge in [-0.3, -0.25) is 4.79 Å². The smallest absolute Gasteiger partial charge is 0.550 e. The summed E-state index contributed by atoms with van der Waals surface area (Å²) in [5.41, 5.74) is 0. The molecule has 1 N–H and O–H groups in total. The fourth-order valence-corrected chi connectivity index (χ4v) is 0.714. The van der Waals surface area contributed by atoms with Crippen molar-refractivity contribution < 1.29 is 43.4 Å². The van der Waals surface area contributed by atoms with Crippen molar-refractivity contribution >= 4 is 29.2 Å². The van der Waals surface area contributed by atoms with E-state index in [1.165, 1.54) is 0 Å². The zero-order chi connectivity index (χ0) is 10.3. The molecule has 0 unspecified atom stereocenters. The van der Waals surface area contributed by atoms with Crippen LogP contribution in [0.2, 0.25) is 0 Å². The Balaban J connectivity index is 0. The molecular formula is C7H9LiO5S. The van der Waals surface area contributed by atoms with Crippen LogP contribution in [-0.2, 0) is 14.3 Å². The number of hydrogen-bond acceptors (Lipinski definition) is 5. The molecule has 0 bridgehead atoms. The molecule has 0 aliphatic heterocycles. The molecule has 0 saturated heterocycles. The van der Waals surface area contributed by atoms with Gasteiger partial charge in [-0.1, -0.05) is 0 Å². The van der Waals surface area contributed by atoms with Gasteiger partial charge >= 0.3 is 24.8 Å². The molecule has 0 aliphatic rings. The summed E-state index contributed by atoms with van der Waals surface area (Å²) < 4.78 is 4.76. The zero-order valence-electron chi connectivity index (χ0n) is 7.82. The van der Waals surface area contributed by atoms with Crippen LogP contribution in [0.15, 0.2) is 0 Å². The van der Waals surface area contributed by atoms with Gasteiger partial charge < -0.3 is 19.7 Å². The van der Waals surface area contributed by atoms with Crippen LogP contribution in [0.1, 0.15) is 19.3 Å². The Kier molecular flexibility index (Phi) is 10.2. The monoisotopic (exact) mass is 212 g/mol. The van der Waals surface area contributed by atoms with Gasteiger partial charge in [0.05, 0.1) is 13.0 Å². The number of carbonyl (C=O) groups is 2. The van der Waals surface area contributed by atoms with Gasteiger partial charge in [-0.05, 0) is 18.6 Å². The van der Waals surface area contributed by atoms with E-state index < -0.39 is 11.9 Å². The van der Waals surface area contributed by atoms with Crippen LogP contribution in [0, 0.1) is 0 Å². The minimum Gasteiger partial charge on any atom is -0.550 e. The van der Waals surface area contributed by atoms with E-state index in [2.05, 4.69) is 12.2 Å². The van der Waals surface area contributed by atoms with E-state index in [4.69, 9.17) is 9.84 Å². The van der Waals surface area contributed by atoms with Gasteiger partial charge in [-0.15, -0.1) is 0 Å². The van der Waals surface area contributed by atoms with Crippen molar-refractivity contribution in [1.29, 1.82) is 0 Å². The third-order valence-electron chi connectivity index (χ3n) is 1.11. The van der Waals surface area contributed by atoms with Gasteiger partial charge in [-0.25, -0.2) is 0 Å². The molecular weight excluding hydrogens is 203 g/mol. The van der Waals surface area contributed by atoms with Crippen molar-refractivity contribution in [1.82, 2.24) is 0 Å². The average Bonchev–Trinajstić information content (AvgIpc) is 2.00. The normalized spacial score (nSPS) is 8.57. The molecule has 0 spiro atoms. The Hall–Kier alpha value is -0.573. The first kappa shape index (κ1) is 15.9. The van der Waals surface area contributed by atoms with Crippen LogP contribution in [0.3, 0.4) is 0 Å². The maximum absolute atomic E-state index is 10.0. The third-order valence-corrected chi connectivity index (χ3v) is 1.43. The molecule has 0 fully saturated rings. The predicted octanol–water partition coefficient (Wildman–Crippen LogP) is -3.66. The summed E-state index contributed by atoms with van der Waals surface area (Å²) in [5.74, 6) is -2.19. The van der Waals surface area contributed by atoms with E-state index in [1.807, 2.05) is 0 Å². The average molecular weight is 212 g/mol. The van der Waals surface area contributed by atoms with Crippen molar-refractivity contribution in [2.45, 2.75) is 19.3 Å². The molecule has 0 heterocycles. The SMILES string of the molecule is O=C([O-])CCC(=S)OCCC(=O)O.[Li+]. The minimum atomic E-state index is -1.20. The summed E-state index contributed by atoms with van der Waals surface area (Å²) in [6.07, 6.45) is -0.269. The number of carboxylic acid groups (broad SMARTS) is 2. The number of ether oxygens (including phenoxy) is 1. The van der Waals surface area contributed by atoms with E-state index >= 15 is 0 Å². The quantitative estimate of drug-likeness (QED) is 0.361. The molecule has 0 saturated carbocycles. The molecule has 14 heavy (non-hydrogen) atoms. The summed E-state index contributed by atoms with van der Waals surface area (Å²) in [6, 6.07) is 0. The van der Waals surface area contributed by atoms with E-state index in [0.29, 0.717) is 0 Å². The molecule has 7 heteroatoms. The second-order valence-corrected chi connectivity index (χ2v) is 2.69. The molecule has 0 aliphatic carbocycles. The van der Waals surface area contributed by atoms with E-state index in [-0.39, 0.29) is 49.8 Å². The number of rotatable bonds is 6. The first-order chi connectivity index (χ1) is 6.02. The van der Waals surface area contributed by atoms with Crippen molar-refractivity contribution in [2.75, 3.05) is 6.61 Å². The van der Waals surface area contributed by atoms with Crippen molar-refractivity contribution in [3.8, 4) is 0 Å². The predicted molar refractivity (Wildman–Crippen MR) is 45.0 cm³/mol. The van der Waals surface area contributed by atoms with Crippen LogP contribution < -0.4 is 24.0 Å². The Labute approximate surface area is 98.6 Å². The third kappa shape index (κ3) is 11.4. The molecule has 0 aromatic heterocycles. The fraction of sp³-hybridized carbons (Fsp3) is 0.571. The summed E-state index contributed by atoms with van der Waals surface area (Å²) in [6.45, 7) is -0.0266. The minimum absolute atomic E-state index is 0. The standard InChI is InChI=1S/C7H10O5S.Li/c8-5(9)1-2-7(13)12-4-3-6(10)11;/h1-4H2,(H,8,9)(H,10,11);/q;+1/p-1. The van der Waals surface area contributed by atoms with E-state index in [9.17, 15) is 14.7 Å². The van der Waals surface area contributed by atoms with E-state index in [0.717, 1.165) is 0 Å². The molecule has 0 rings (SSSR count). The van der Waals surface area contributed by atoms with Crippen molar-refractivity contribution in [2.24, 2.45) is 0 Å². The van der Waals surface area contributed by atoms with Crippen LogP contribution in [0.5, 0.6) is 0 Å². The van der Waals surface area contributed by atoms with Crippen molar-refractivity contribution in [3.05, 3.63) is 0 Å². The summed E-state index contributed by atoms with van der Waals surface area (Å²) in [7, 11) is 0. The Bertz CT molecular complexity index is 218. The van der Waals surface area contributed by atoms with Gasteiger partial charge in [0, 0.05) is 12.4 Å². The summed E-state index contributed by atoms with van der Waals surface area (Å²) >= 11 is 4.62. The van der Waals surface area contributed by atoms with Gasteiger partial charge in [0.25, 0.3) is 0 Å². The molecule has 0 amide bonds. The van der Waals surface area contributed by atoms with Crippen LogP contribution in [0.4, 0.5) is 0 Å². The molecule has 0 aromatic rings. The van der Waals surface area contributed by atoms with Crippen LogP contribution >= 0.6 is 12.2 Å². The van der Waals surface area contributed by atoms with Gasteiger partial charge in [0.2, 0.25) is 0 Å². The maximum atomic E-state index is 10.0. The zero-order valence-corrected chi connectivity index (χ0v) is 8.63. The topological polar surface area (TPSA) is 86.7 Å². The Morgan fingerprint density at radius 1 is 1.29 bits per heavy atom. The molecule has 0 atom stereocenters. The Morgan fingerprint density at radius 3 is 2.29 bits per heavy atom. The largest absolute Gasteiger partial charge is 1.00 e. The van der Waals surface area contributed by atoms with E-state index in [1.54, 1.807) is 0 Å². The Morgan fingerprint density at radius 2 is 1.86 bits per heavy atom. The van der Waals surface area contributed by atoms with Crippen LogP contribution in [-0.4, -0.2) is 28.7 Å². The molecule has 0 aromatic carbocycles. The fourth-order valence-electron chi connectivity index (χ4n) is 0.528. The van der Waals surface area contributed by atoms with Crippen molar-refractivity contribution in [3.63, 3.8) is 0 Å². The van der Waals surface area contributed by atoms with Gasteiger partial charge in [0.1, 0.15) is 0 Å². The number of carboxylic acids is 2. The molecule has 0 radical (unpaired) electrons.